The van der Waals surface area contributed by atoms with E-state index in [1.54, 1.807) is 18.2 Å². The molecule has 0 atom stereocenters. The number of ether oxygens (including phenoxy) is 1. The number of aromatic nitrogens is 2. The van der Waals surface area contributed by atoms with Gasteiger partial charge in [-0.15, -0.1) is 11.3 Å². The lowest BCUT2D eigenvalue weighted by Crippen LogP contribution is -2.29. The average Bonchev–Trinajstić information content (AvgIpc) is 3.07. The summed E-state index contributed by atoms with van der Waals surface area (Å²) in [6, 6.07) is 6.82. The number of fused-ring (bicyclic) bond motifs is 1. The minimum atomic E-state index is -0.333. The Labute approximate surface area is 169 Å². The fraction of sp³-hybridized carbons (Fsp3) is 0.278. The maximum absolute atomic E-state index is 12.9. The van der Waals surface area contributed by atoms with Crippen LogP contribution in [0.5, 0.6) is 5.75 Å². The fourth-order valence-corrected chi connectivity index (χ4v) is 4.43. The lowest BCUT2D eigenvalue weighted by atomic mass is 10.3. The maximum Gasteiger partial charge on any atom is 0.263 e. The van der Waals surface area contributed by atoms with Crippen LogP contribution in [0.3, 0.4) is 0 Å². The molecule has 142 valence electrons. The highest BCUT2D eigenvalue weighted by Gasteiger charge is 2.16. The summed E-state index contributed by atoms with van der Waals surface area (Å²) in [5.74, 6) is 0.190. The molecule has 27 heavy (non-hydrogen) atoms. The number of amides is 1. The predicted molar refractivity (Wildman–Crippen MR) is 112 cm³/mol. The normalized spacial score (nSPS) is 11.0. The molecule has 1 N–H and O–H groups in total. The van der Waals surface area contributed by atoms with Crippen molar-refractivity contribution < 1.29 is 9.53 Å². The highest BCUT2D eigenvalue weighted by atomic mass is 35.5. The molecule has 6 nitrogen and oxygen atoms in total. The van der Waals surface area contributed by atoms with Crippen LogP contribution >= 0.6 is 34.7 Å². The molecule has 1 aromatic carbocycles. The van der Waals surface area contributed by atoms with Gasteiger partial charge in [0.2, 0.25) is 5.91 Å². The Hall–Kier alpha value is -2.03. The van der Waals surface area contributed by atoms with Gasteiger partial charge in [-0.3, -0.25) is 14.2 Å². The van der Waals surface area contributed by atoms with Gasteiger partial charge in [0, 0.05) is 10.6 Å². The molecule has 0 bridgehead atoms. The number of rotatable bonds is 6. The highest BCUT2D eigenvalue weighted by Crippen LogP contribution is 2.27. The number of thioether (sulfide) groups is 1. The van der Waals surface area contributed by atoms with Crippen molar-refractivity contribution in [1.29, 1.82) is 0 Å². The zero-order valence-electron chi connectivity index (χ0n) is 15.0. The Balaban J connectivity index is 1.88. The highest BCUT2D eigenvalue weighted by molar-refractivity contribution is 7.98. The number of methoxy groups -OCH3 is 1. The Morgan fingerprint density at radius 1 is 1.41 bits per heavy atom. The fourth-order valence-electron chi connectivity index (χ4n) is 2.60. The first-order valence-electron chi connectivity index (χ1n) is 8.17. The molecule has 0 aliphatic heterocycles. The number of anilines is 1. The minimum Gasteiger partial charge on any atom is -0.495 e. The van der Waals surface area contributed by atoms with Crippen molar-refractivity contribution in [3.05, 3.63) is 44.5 Å². The van der Waals surface area contributed by atoms with E-state index in [0.717, 1.165) is 11.3 Å². The third-order valence-corrected chi connectivity index (χ3v) is 6.08. The first-order valence-corrected chi connectivity index (χ1v) is 10.6. The summed E-state index contributed by atoms with van der Waals surface area (Å²) in [6.07, 6.45) is 2.67. The molecule has 3 rings (SSSR count). The molecule has 0 unspecified atom stereocenters. The van der Waals surface area contributed by atoms with Crippen LogP contribution < -0.4 is 15.6 Å². The Bertz CT molecular complexity index is 1060. The molecule has 3 aromatic rings. The van der Waals surface area contributed by atoms with Crippen LogP contribution in [0.1, 0.15) is 11.8 Å². The van der Waals surface area contributed by atoms with E-state index in [4.69, 9.17) is 16.3 Å². The number of carbonyl (C=O) groups is 1. The van der Waals surface area contributed by atoms with E-state index in [0.29, 0.717) is 31.8 Å². The number of carbonyl (C=O) groups excluding carboxylic acids is 1. The van der Waals surface area contributed by atoms with Crippen molar-refractivity contribution in [1.82, 2.24) is 9.55 Å². The van der Waals surface area contributed by atoms with E-state index in [2.05, 4.69) is 10.3 Å². The van der Waals surface area contributed by atoms with Crippen LogP contribution in [0.15, 0.2) is 34.2 Å². The van der Waals surface area contributed by atoms with Crippen molar-refractivity contribution in [2.75, 3.05) is 18.7 Å². The van der Waals surface area contributed by atoms with Crippen molar-refractivity contribution in [3.8, 4) is 5.75 Å². The predicted octanol–water partition coefficient (Wildman–Crippen LogP) is 4.04. The standard InChI is InChI=1S/C18H18ClN3O3S2/c1-4-11-8-12-16(27-11)21-18(26-3)22(17(12)24)9-15(23)20-10-5-6-14(25-2)13(19)7-10/h5-8H,4,9H2,1-3H3,(H,20,23). The summed E-state index contributed by atoms with van der Waals surface area (Å²) in [5, 5.41) is 4.21. The Morgan fingerprint density at radius 2 is 2.19 bits per heavy atom. The molecule has 9 heteroatoms. The van der Waals surface area contributed by atoms with E-state index < -0.39 is 0 Å². The largest absolute Gasteiger partial charge is 0.495 e. The SMILES string of the molecule is CCc1cc2c(=O)n(CC(=O)Nc3ccc(OC)c(Cl)c3)c(SC)nc2s1. The smallest absolute Gasteiger partial charge is 0.263 e. The second-order valence-electron chi connectivity index (χ2n) is 5.67. The number of benzene rings is 1. The van der Waals surface area contributed by atoms with Gasteiger partial charge in [0.1, 0.15) is 17.1 Å². The average molecular weight is 424 g/mol. The number of hydrogen-bond donors (Lipinski definition) is 1. The van der Waals surface area contributed by atoms with Crippen molar-refractivity contribution in [3.63, 3.8) is 0 Å². The van der Waals surface area contributed by atoms with Gasteiger partial charge in [0.15, 0.2) is 5.16 Å². The van der Waals surface area contributed by atoms with Crippen molar-refractivity contribution in [2.24, 2.45) is 0 Å². The van der Waals surface area contributed by atoms with E-state index >= 15 is 0 Å². The van der Waals surface area contributed by atoms with Gasteiger partial charge in [0.05, 0.1) is 17.5 Å². The monoisotopic (exact) mass is 423 g/mol. The van der Waals surface area contributed by atoms with Gasteiger partial charge in [-0.1, -0.05) is 30.3 Å². The molecule has 0 radical (unpaired) electrons. The molecule has 0 aliphatic rings. The number of nitrogens with zero attached hydrogens (tertiary/aromatic N) is 2. The Morgan fingerprint density at radius 3 is 2.81 bits per heavy atom. The molecule has 0 saturated carbocycles. The van der Waals surface area contributed by atoms with Gasteiger partial charge < -0.3 is 10.1 Å². The van der Waals surface area contributed by atoms with Crippen molar-refractivity contribution >= 4 is 56.5 Å². The molecule has 0 spiro atoms. The van der Waals surface area contributed by atoms with Gasteiger partial charge in [-0.25, -0.2) is 4.98 Å². The molecule has 1 amide bonds. The zero-order valence-corrected chi connectivity index (χ0v) is 17.4. The van der Waals surface area contributed by atoms with E-state index in [1.165, 1.54) is 34.8 Å². The van der Waals surface area contributed by atoms with Crippen LogP contribution in [0, 0.1) is 0 Å². The lowest BCUT2D eigenvalue weighted by molar-refractivity contribution is -0.116. The van der Waals surface area contributed by atoms with Gasteiger partial charge in [-0.05, 0) is 36.9 Å². The van der Waals surface area contributed by atoms with E-state index in [9.17, 15) is 9.59 Å². The quantitative estimate of drug-likeness (QED) is 0.478. The number of aryl methyl sites for hydroxylation is 1. The molecular formula is C18H18ClN3O3S2. The summed E-state index contributed by atoms with van der Waals surface area (Å²) in [5.41, 5.74) is 0.325. The molecule has 0 saturated heterocycles. The van der Waals surface area contributed by atoms with Crippen LogP contribution in [0.25, 0.3) is 10.2 Å². The van der Waals surface area contributed by atoms with Gasteiger partial charge >= 0.3 is 0 Å². The first-order chi connectivity index (χ1) is 13.0. The second-order valence-corrected chi connectivity index (χ2v) is 7.97. The number of hydrogen-bond acceptors (Lipinski definition) is 6. The number of thiophene rings is 1. The maximum atomic E-state index is 12.9. The Kier molecular flexibility index (Phi) is 6.08. The third-order valence-electron chi connectivity index (χ3n) is 3.94. The zero-order chi connectivity index (χ0) is 19.6. The van der Waals surface area contributed by atoms with E-state index in [-0.39, 0.29) is 18.0 Å². The second kappa shape index (κ2) is 8.33. The molecular weight excluding hydrogens is 406 g/mol. The summed E-state index contributed by atoms with van der Waals surface area (Å²) < 4.78 is 6.50. The molecule has 2 aromatic heterocycles. The van der Waals surface area contributed by atoms with Crippen molar-refractivity contribution in [2.45, 2.75) is 25.0 Å². The van der Waals surface area contributed by atoms with Gasteiger partial charge in [0.25, 0.3) is 5.56 Å². The van der Waals surface area contributed by atoms with Gasteiger partial charge in [-0.2, -0.15) is 0 Å². The minimum absolute atomic E-state index is 0.126. The molecule has 0 fully saturated rings. The van der Waals surface area contributed by atoms with Crippen LogP contribution in [0.2, 0.25) is 5.02 Å². The molecule has 0 aliphatic carbocycles. The summed E-state index contributed by atoms with van der Waals surface area (Å²) in [7, 11) is 1.52. The summed E-state index contributed by atoms with van der Waals surface area (Å²) in [6.45, 7) is 1.91. The lowest BCUT2D eigenvalue weighted by Gasteiger charge is -2.11. The topological polar surface area (TPSA) is 73.2 Å². The van der Waals surface area contributed by atoms with E-state index in [1.807, 2.05) is 19.2 Å². The van der Waals surface area contributed by atoms with Crippen LogP contribution in [-0.4, -0.2) is 28.8 Å². The summed E-state index contributed by atoms with van der Waals surface area (Å²) in [4.78, 5) is 31.7. The summed E-state index contributed by atoms with van der Waals surface area (Å²) >= 11 is 8.93. The third kappa shape index (κ3) is 4.12. The number of nitrogens with one attached hydrogen (secondary N) is 1. The van der Waals surface area contributed by atoms with Crippen LogP contribution in [-0.2, 0) is 17.8 Å². The number of halogens is 1. The molecule has 2 heterocycles. The van der Waals surface area contributed by atoms with Crippen LogP contribution in [0.4, 0.5) is 5.69 Å². The first kappa shape index (κ1) is 19.7.